The van der Waals surface area contributed by atoms with Crippen molar-refractivity contribution in [3.05, 3.63) is 116 Å². The molecule has 2 unspecified atom stereocenters. The predicted octanol–water partition coefficient (Wildman–Crippen LogP) is 12.8. The maximum absolute atomic E-state index is 13.5. The van der Waals surface area contributed by atoms with Gasteiger partial charge in [0.15, 0.2) is 11.6 Å². The summed E-state index contributed by atoms with van der Waals surface area (Å²) in [6, 6.07) is 21.5. The second-order valence-electron chi connectivity index (χ2n) is 11.8. The number of piperazine rings is 1. The van der Waals surface area contributed by atoms with Crippen LogP contribution in [0.25, 0.3) is 0 Å². The molecule has 52 heavy (non-hydrogen) atoms. The predicted molar refractivity (Wildman–Crippen MR) is 215 cm³/mol. The molecule has 4 aromatic carbocycles. The van der Waals surface area contributed by atoms with E-state index in [1.807, 2.05) is 9.80 Å². The molecule has 1 aliphatic heterocycles. The lowest BCUT2D eigenvalue weighted by Gasteiger charge is -2.45. The van der Waals surface area contributed by atoms with Gasteiger partial charge in [-0.25, -0.2) is 0 Å². The summed E-state index contributed by atoms with van der Waals surface area (Å²) in [5.74, 6) is 1.32. The van der Waals surface area contributed by atoms with Crippen molar-refractivity contribution in [3.8, 4) is 23.0 Å². The Bertz CT molecular complexity index is 1740. The van der Waals surface area contributed by atoms with E-state index in [9.17, 15) is 9.59 Å². The number of halogens is 10. The highest BCUT2D eigenvalue weighted by molar-refractivity contribution is 6.68. The molecule has 2 atom stereocenters. The number of benzene rings is 4. The molecule has 0 N–H and O–H groups in total. The van der Waals surface area contributed by atoms with Gasteiger partial charge < -0.3 is 9.47 Å². The summed E-state index contributed by atoms with van der Waals surface area (Å²) >= 11 is 63.6. The van der Waals surface area contributed by atoms with Gasteiger partial charge in [0.1, 0.15) is 23.0 Å². The fourth-order valence-electron chi connectivity index (χ4n) is 5.68. The number of Topliss-reactive ketones (excluding diaryl/α,β-unsaturated/α-hetero) is 2. The van der Waals surface area contributed by atoms with Crippen LogP contribution in [-0.4, -0.2) is 67.2 Å². The minimum Gasteiger partial charge on any atom is -0.457 e. The van der Waals surface area contributed by atoms with Crippen LogP contribution in [0.2, 0.25) is 20.1 Å². The number of carbonyl (C=O) groups is 2. The van der Waals surface area contributed by atoms with Gasteiger partial charge in [0.2, 0.25) is 7.59 Å². The highest BCUT2D eigenvalue weighted by Gasteiger charge is 2.44. The van der Waals surface area contributed by atoms with Gasteiger partial charge in [0.25, 0.3) is 0 Å². The molecule has 0 aliphatic carbocycles. The zero-order valence-electron chi connectivity index (χ0n) is 26.8. The lowest BCUT2D eigenvalue weighted by molar-refractivity contribution is 0.0577. The summed E-state index contributed by atoms with van der Waals surface area (Å²) in [5.41, 5.74) is 0.502. The largest absolute Gasteiger partial charge is 0.457 e. The van der Waals surface area contributed by atoms with Gasteiger partial charge in [-0.05, 0) is 72.8 Å². The Hall–Kier alpha value is -1.36. The van der Waals surface area contributed by atoms with Crippen LogP contribution in [0, 0.1) is 0 Å². The van der Waals surface area contributed by atoms with E-state index in [4.69, 9.17) is 125 Å². The average molecular weight is 907 g/mol. The molecule has 0 saturated carbocycles. The molecule has 1 fully saturated rings. The standard InChI is InChI=1S/C36H28Cl10N2O4/c37-21-1-5-23(6-2-21)51-25-9-11-27(29(39)17-25)31(49)19-33(35(41,42)43)47-13-15-48(16-14-47)34(36(44,45)46)20-32(50)28-12-10-26(18-30(28)40)52-24-7-3-22(38)4-8-24/h1-12,17-18,33-34H,13-16,19-20H2. The second-order valence-corrected chi connectivity index (χ2v) is 18.3. The van der Waals surface area contributed by atoms with Gasteiger partial charge in [0.05, 0.1) is 22.1 Å². The first-order valence-corrected chi connectivity index (χ1v) is 19.4. The molecule has 1 heterocycles. The normalized spacial score (nSPS) is 15.6. The molecule has 4 aromatic rings. The van der Waals surface area contributed by atoms with Crippen molar-refractivity contribution in [1.82, 2.24) is 9.80 Å². The first-order chi connectivity index (χ1) is 24.5. The topological polar surface area (TPSA) is 59.1 Å². The average Bonchev–Trinajstić information content (AvgIpc) is 3.07. The number of nitrogens with zero attached hydrogens (tertiary/aromatic N) is 2. The lowest BCUT2D eigenvalue weighted by atomic mass is 10.0. The molecular weight excluding hydrogens is 879 g/mol. The zero-order valence-corrected chi connectivity index (χ0v) is 34.3. The van der Waals surface area contributed by atoms with Crippen molar-refractivity contribution in [2.24, 2.45) is 0 Å². The van der Waals surface area contributed by atoms with Crippen molar-refractivity contribution < 1.29 is 19.1 Å². The van der Waals surface area contributed by atoms with Crippen LogP contribution in [0.15, 0.2) is 84.9 Å². The first-order valence-electron chi connectivity index (χ1n) is 15.6. The summed E-state index contributed by atoms with van der Waals surface area (Å²) in [7, 11) is 0. The number of hydrogen-bond acceptors (Lipinski definition) is 6. The number of ketones is 2. The smallest absolute Gasteiger partial charge is 0.206 e. The van der Waals surface area contributed by atoms with E-state index in [1.54, 1.807) is 84.9 Å². The number of hydrogen-bond donors (Lipinski definition) is 0. The van der Waals surface area contributed by atoms with E-state index in [0.717, 1.165) is 0 Å². The molecule has 276 valence electrons. The van der Waals surface area contributed by atoms with Gasteiger partial charge >= 0.3 is 0 Å². The number of rotatable bonds is 12. The van der Waals surface area contributed by atoms with Crippen LogP contribution >= 0.6 is 116 Å². The number of carbonyl (C=O) groups excluding carboxylic acids is 2. The van der Waals surface area contributed by atoms with E-state index >= 15 is 0 Å². The van der Waals surface area contributed by atoms with E-state index in [0.29, 0.717) is 59.2 Å². The SMILES string of the molecule is O=C(CC(N1CCN(C(CC(=O)c2ccc(Oc3ccc(Cl)cc3)cc2Cl)C(Cl)(Cl)Cl)CC1)C(Cl)(Cl)Cl)c1ccc(Oc2ccc(Cl)cc2)cc1Cl. The van der Waals surface area contributed by atoms with Crippen LogP contribution < -0.4 is 9.47 Å². The Balaban J connectivity index is 1.22. The Kier molecular flexibility index (Phi) is 14.5. The van der Waals surface area contributed by atoms with Crippen LogP contribution in [0.5, 0.6) is 23.0 Å². The van der Waals surface area contributed by atoms with E-state index in [2.05, 4.69) is 0 Å². The summed E-state index contributed by atoms with van der Waals surface area (Å²) in [4.78, 5) is 30.8. The van der Waals surface area contributed by atoms with Gasteiger partial charge in [-0.1, -0.05) is 116 Å². The fourth-order valence-corrected chi connectivity index (χ4v) is 7.78. The minimum absolute atomic E-state index is 0.143. The summed E-state index contributed by atoms with van der Waals surface area (Å²) < 4.78 is 7.99. The highest BCUT2D eigenvalue weighted by atomic mass is 35.6. The molecule has 6 nitrogen and oxygen atoms in total. The quantitative estimate of drug-likeness (QED) is 0.104. The minimum atomic E-state index is -1.83. The molecule has 0 spiro atoms. The third-order valence-electron chi connectivity index (χ3n) is 8.32. The molecule has 16 heteroatoms. The van der Waals surface area contributed by atoms with Crippen molar-refractivity contribution in [2.75, 3.05) is 26.2 Å². The van der Waals surface area contributed by atoms with Crippen LogP contribution in [0.4, 0.5) is 0 Å². The third kappa shape index (κ3) is 11.3. The zero-order chi connectivity index (χ0) is 37.8. The number of ether oxygens (including phenoxy) is 2. The number of alkyl halides is 6. The van der Waals surface area contributed by atoms with Gasteiger partial charge in [-0.15, -0.1) is 0 Å². The third-order valence-corrected chi connectivity index (χ3v) is 11.0. The van der Waals surface area contributed by atoms with Gasteiger partial charge in [-0.3, -0.25) is 19.4 Å². The lowest BCUT2D eigenvalue weighted by Crippen LogP contribution is -2.58. The molecule has 0 bridgehead atoms. The molecule has 1 saturated heterocycles. The molecule has 0 aromatic heterocycles. The summed E-state index contributed by atoms with van der Waals surface area (Å²) in [6.45, 7) is 1.37. The summed E-state index contributed by atoms with van der Waals surface area (Å²) in [6.07, 6.45) is -0.285. The van der Waals surface area contributed by atoms with E-state index < -0.39 is 19.7 Å². The molecule has 0 amide bonds. The molecule has 5 rings (SSSR count). The van der Waals surface area contributed by atoms with E-state index in [-0.39, 0.29) is 45.6 Å². The van der Waals surface area contributed by atoms with Crippen LogP contribution in [0.3, 0.4) is 0 Å². The highest BCUT2D eigenvalue weighted by Crippen LogP contribution is 2.40. The first kappa shape index (κ1) is 41.8. The van der Waals surface area contributed by atoms with Crippen molar-refractivity contribution in [3.63, 3.8) is 0 Å². The van der Waals surface area contributed by atoms with Crippen molar-refractivity contribution in [1.29, 1.82) is 0 Å². The maximum atomic E-state index is 13.5. The van der Waals surface area contributed by atoms with Crippen molar-refractivity contribution in [2.45, 2.75) is 32.5 Å². The molecule has 1 aliphatic rings. The monoisotopic (exact) mass is 902 g/mol. The Morgan fingerprint density at radius 3 is 1.12 bits per heavy atom. The van der Waals surface area contributed by atoms with Crippen LogP contribution in [0.1, 0.15) is 33.6 Å². The van der Waals surface area contributed by atoms with E-state index in [1.165, 1.54) is 0 Å². The van der Waals surface area contributed by atoms with Gasteiger partial charge in [0, 0.05) is 72.3 Å². The maximum Gasteiger partial charge on any atom is 0.206 e. The Labute approximate surface area is 351 Å². The fraction of sp³-hybridized carbons (Fsp3) is 0.278. The van der Waals surface area contributed by atoms with Gasteiger partial charge in [-0.2, -0.15) is 0 Å². The molecular formula is C36H28Cl10N2O4. The molecule has 0 radical (unpaired) electrons. The second kappa shape index (κ2) is 18.1. The van der Waals surface area contributed by atoms with Crippen LogP contribution in [-0.2, 0) is 0 Å². The van der Waals surface area contributed by atoms with Crippen molar-refractivity contribution >= 4 is 128 Å². The Morgan fingerprint density at radius 1 is 0.519 bits per heavy atom. The summed E-state index contributed by atoms with van der Waals surface area (Å²) in [5, 5.41) is 1.51. The Morgan fingerprint density at radius 2 is 0.827 bits per heavy atom.